The highest BCUT2D eigenvalue weighted by atomic mass is 35.5. The molecule has 0 amide bonds. The molecule has 0 unspecified atom stereocenters. The van der Waals surface area contributed by atoms with Crippen molar-refractivity contribution in [3.8, 4) is 11.5 Å². The third kappa shape index (κ3) is 5.12. The van der Waals surface area contributed by atoms with E-state index in [4.69, 9.17) is 16.3 Å². The van der Waals surface area contributed by atoms with Gasteiger partial charge in [-0.1, -0.05) is 54.1 Å². The minimum atomic E-state index is 0.780. The minimum Gasteiger partial charge on any atom is -0.457 e. The SMILES string of the molecule is Clc1ccc(CCNCc2cccc(Oc3ccccc3)c2)cc1. The predicted octanol–water partition coefficient (Wildman–Crippen LogP) is 5.46. The van der Waals surface area contributed by atoms with Crippen LogP contribution in [0.25, 0.3) is 0 Å². The average Bonchev–Trinajstić information content (AvgIpc) is 2.61. The maximum absolute atomic E-state index is 5.90. The van der Waals surface area contributed by atoms with Crippen molar-refractivity contribution >= 4 is 11.6 Å². The highest BCUT2D eigenvalue weighted by Crippen LogP contribution is 2.21. The van der Waals surface area contributed by atoms with Gasteiger partial charge in [-0.2, -0.15) is 0 Å². The first-order valence-corrected chi connectivity index (χ1v) is 8.44. The van der Waals surface area contributed by atoms with Gasteiger partial charge < -0.3 is 10.1 Å². The first-order valence-electron chi connectivity index (χ1n) is 8.06. The van der Waals surface area contributed by atoms with E-state index < -0.39 is 0 Å². The van der Waals surface area contributed by atoms with Gasteiger partial charge in [-0.15, -0.1) is 0 Å². The van der Waals surface area contributed by atoms with Gasteiger partial charge in [-0.05, 0) is 60.5 Å². The Morgan fingerprint density at radius 1 is 0.750 bits per heavy atom. The summed E-state index contributed by atoms with van der Waals surface area (Å²) < 4.78 is 5.87. The largest absolute Gasteiger partial charge is 0.457 e. The maximum Gasteiger partial charge on any atom is 0.127 e. The first-order chi connectivity index (χ1) is 11.8. The molecule has 3 aromatic rings. The summed E-state index contributed by atoms with van der Waals surface area (Å²) in [6.45, 7) is 1.74. The second-order valence-corrected chi connectivity index (χ2v) is 6.05. The summed E-state index contributed by atoms with van der Waals surface area (Å²) in [5.41, 5.74) is 2.49. The molecule has 3 rings (SSSR count). The van der Waals surface area contributed by atoms with Gasteiger partial charge in [0.05, 0.1) is 0 Å². The monoisotopic (exact) mass is 337 g/mol. The quantitative estimate of drug-likeness (QED) is 0.578. The fraction of sp³-hybridized carbons (Fsp3) is 0.143. The van der Waals surface area contributed by atoms with Crippen molar-refractivity contribution in [2.75, 3.05) is 6.54 Å². The molecule has 0 aliphatic carbocycles. The molecule has 0 heterocycles. The lowest BCUT2D eigenvalue weighted by Crippen LogP contribution is -2.16. The first kappa shape index (κ1) is 16.6. The number of para-hydroxylation sites is 1. The molecule has 1 N–H and O–H groups in total. The van der Waals surface area contributed by atoms with Crippen molar-refractivity contribution in [3.05, 3.63) is 95.0 Å². The van der Waals surface area contributed by atoms with Gasteiger partial charge in [-0.3, -0.25) is 0 Å². The van der Waals surface area contributed by atoms with Crippen LogP contribution in [-0.4, -0.2) is 6.54 Å². The Balaban J connectivity index is 1.48. The fourth-order valence-electron chi connectivity index (χ4n) is 2.46. The molecule has 3 heteroatoms. The molecule has 0 saturated carbocycles. The Morgan fingerprint density at radius 2 is 1.50 bits per heavy atom. The maximum atomic E-state index is 5.90. The van der Waals surface area contributed by atoms with E-state index in [1.165, 1.54) is 11.1 Å². The summed E-state index contributed by atoms with van der Waals surface area (Å²) in [5, 5.41) is 4.25. The average molecular weight is 338 g/mol. The summed E-state index contributed by atoms with van der Waals surface area (Å²) in [6, 6.07) is 26.0. The number of hydrogen-bond donors (Lipinski definition) is 1. The van der Waals surface area contributed by atoms with E-state index >= 15 is 0 Å². The molecule has 122 valence electrons. The van der Waals surface area contributed by atoms with Crippen molar-refractivity contribution in [2.24, 2.45) is 0 Å². The predicted molar refractivity (Wildman–Crippen MR) is 99.8 cm³/mol. The molecule has 2 nitrogen and oxygen atoms in total. The summed E-state index contributed by atoms with van der Waals surface area (Å²) in [6.07, 6.45) is 0.984. The second-order valence-electron chi connectivity index (χ2n) is 5.62. The summed E-state index contributed by atoms with van der Waals surface area (Å²) in [7, 11) is 0. The van der Waals surface area contributed by atoms with Gasteiger partial charge in [0.25, 0.3) is 0 Å². The third-order valence-electron chi connectivity index (χ3n) is 3.71. The van der Waals surface area contributed by atoms with Crippen LogP contribution in [0.5, 0.6) is 11.5 Å². The van der Waals surface area contributed by atoms with E-state index in [0.29, 0.717) is 0 Å². The standard InChI is InChI=1S/C21H20ClNO/c22-19-11-9-17(10-12-19)13-14-23-16-18-5-4-8-21(15-18)24-20-6-2-1-3-7-20/h1-12,15,23H,13-14,16H2. The van der Waals surface area contributed by atoms with Gasteiger partial charge in [-0.25, -0.2) is 0 Å². The van der Waals surface area contributed by atoms with Crippen LogP contribution in [-0.2, 0) is 13.0 Å². The number of rotatable bonds is 7. The summed E-state index contributed by atoms with van der Waals surface area (Å²) >= 11 is 5.90. The third-order valence-corrected chi connectivity index (χ3v) is 3.96. The molecule has 0 saturated heterocycles. The lowest BCUT2D eigenvalue weighted by molar-refractivity contribution is 0.481. The van der Waals surface area contributed by atoms with Crippen molar-refractivity contribution in [1.82, 2.24) is 5.32 Å². The Hall–Kier alpha value is -2.29. The molecule has 0 aromatic heterocycles. The molecule has 0 fully saturated rings. The molecule has 0 bridgehead atoms. The van der Waals surface area contributed by atoms with Crippen LogP contribution in [0.4, 0.5) is 0 Å². The van der Waals surface area contributed by atoms with Crippen LogP contribution < -0.4 is 10.1 Å². The zero-order valence-corrected chi connectivity index (χ0v) is 14.2. The highest BCUT2D eigenvalue weighted by molar-refractivity contribution is 6.30. The second kappa shape index (κ2) is 8.53. The Morgan fingerprint density at radius 3 is 2.29 bits per heavy atom. The molecule has 0 spiro atoms. The zero-order valence-electron chi connectivity index (χ0n) is 13.4. The number of nitrogens with one attached hydrogen (secondary N) is 1. The molecule has 0 radical (unpaired) electrons. The van der Waals surface area contributed by atoms with Crippen LogP contribution in [0.2, 0.25) is 5.02 Å². The Labute approximate surface area is 148 Å². The van der Waals surface area contributed by atoms with E-state index in [1.54, 1.807) is 0 Å². The van der Waals surface area contributed by atoms with E-state index in [1.807, 2.05) is 54.6 Å². The Kier molecular flexibility index (Phi) is 5.89. The lowest BCUT2D eigenvalue weighted by atomic mass is 10.1. The number of ether oxygens (including phenoxy) is 1. The van der Waals surface area contributed by atoms with Crippen LogP contribution >= 0.6 is 11.6 Å². The zero-order chi connectivity index (χ0) is 16.6. The van der Waals surface area contributed by atoms with Crippen LogP contribution in [0, 0.1) is 0 Å². The highest BCUT2D eigenvalue weighted by Gasteiger charge is 1.99. The molecule has 0 aliphatic rings. The van der Waals surface area contributed by atoms with Gasteiger partial charge in [0, 0.05) is 11.6 Å². The Bertz CT molecular complexity index is 756. The van der Waals surface area contributed by atoms with Gasteiger partial charge in [0.1, 0.15) is 11.5 Å². The van der Waals surface area contributed by atoms with Crippen LogP contribution in [0.1, 0.15) is 11.1 Å². The number of hydrogen-bond acceptors (Lipinski definition) is 2. The molecule has 24 heavy (non-hydrogen) atoms. The van der Waals surface area contributed by atoms with Gasteiger partial charge in [0.2, 0.25) is 0 Å². The normalized spacial score (nSPS) is 10.5. The van der Waals surface area contributed by atoms with Crippen molar-refractivity contribution in [3.63, 3.8) is 0 Å². The lowest BCUT2D eigenvalue weighted by Gasteiger charge is -2.09. The van der Waals surface area contributed by atoms with Gasteiger partial charge in [0.15, 0.2) is 0 Å². The van der Waals surface area contributed by atoms with E-state index in [-0.39, 0.29) is 0 Å². The van der Waals surface area contributed by atoms with Gasteiger partial charge >= 0.3 is 0 Å². The van der Waals surface area contributed by atoms with E-state index in [0.717, 1.165) is 36.0 Å². The fourth-order valence-corrected chi connectivity index (χ4v) is 2.59. The molecular weight excluding hydrogens is 318 g/mol. The number of halogens is 1. The van der Waals surface area contributed by atoms with Crippen LogP contribution in [0.3, 0.4) is 0 Å². The van der Waals surface area contributed by atoms with Crippen molar-refractivity contribution < 1.29 is 4.74 Å². The molecular formula is C21H20ClNO. The summed E-state index contributed by atoms with van der Waals surface area (Å²) in [4.78, 5) is 0. The van der Waals surface area contributed by atoms with Crippen molar-refractivity contribution in [2.45, 2.75) is 13.0 Å². The molecule has 3 aromatic carbocycles. The van der Waals surface area contributed by atoms with E-state index in [2.05, 4.69) is 29.6 Å². The van der Waals surface area contributed by atoms with E-state index in [9.17, 15) is 0 Å². The molecule has 0 aliphatic heterocycles. The van der Waals surface area contributed by atoms with Crippen molar-refractivity contribution in [1.29, 1.82) is 0 Å². The smallest absolute Gasteiger partial charge is 0.127 e. The summed E-state index contributed by atoms with van der Waals surface area (Å²) in [5.74, 6) is 1.71. The van der Waals surface area contributed by atoms with Crippen LogP contribution in [0.15, 0.2) is 78.9 Å². The topological polar surface area (TPSA) is 21.3 Å². The minimum absolute atomic E-state index is 0.780. The molecule has 0 atom stereocenters. The number of benzene rings is 3.